The largest absolute Gasteiger partial charge is 0.396 e. The third-order valence-electron chi connectivity index (χ3n) is 4.16. The average Bonchev–Trinajstić information content (AvgIpc) is 2.45. The van der Waals surface area contributed by atoms with E-state index in [2.05, 4.69) is 0 Å². The molecule has 1 saturated heterocycles. The van der Waals surface area contributed by atoms with Crippen LogP contribution in [0.15, 0.2) is 24.3 Å². The van der Waals surface area contributed by atoms with Gasteiger partial charge in [0.15, 0.2) is 0 Å². The molecule has 1 aromatic rings. The minimum atomic E-state index is -1.20. The van der Waals surface area contributed by atoms with Gasteiger partial charge in [-0.3, -0.25) is 0 Å². The highest BCUT2D eigenvalue weighted by Gasteiger charge is 2.51. The molecule has 2 heterocycles. The van der Waals surface area contributed by atoms with E-state index in [-0.39, 0.29) is 12.7 Å². The van der Waals surface area contributed by atoms with Crippen LogP contribution in [0.5, 0.6) is 0 Å². The molecule has 1 fully saturated rings. The zero-order chi connectivity index (χ0) is 14.2. The first-order valence-corrected chi connectivity index (χ1v) is 7.00. The van der Waals surface area contributed by atoms with E-state index < -0.39 is 18.0 Å². The molecule has 110 valence electrons. The van der Waals surface area contributed by atoms with Crippen LogP contribution in [-0.4, -0.2) is 46.0 Å². The van der Waals surface area contributed by atoms with Gasteiger partial charge in [-0.25, -0.2) is 0 Å². The second-order valence-corrected chi connectivity index (χ2v) is 5.55. The molecular formula is C15H20O5. The number of fused-ring (bicyclic) bond motifs is 1. The van der Waals surface area contributed by atoms with Crippen LogP contribution in [0.25, 0.3) is 0 Å². The van der Waals surface area contributed by atoms with Crippen molar-refractivity contribution >= 4 is 0 Å². The SMILES string of the molecule is OCC[C@@H]1C[C@H](O)[C@@H](O)[C@]2(Cc3ccccc3CO2)O1. The van der Waals surface area contributed by atoms with Crippen molar-refractivity contribution in [1.29, 1.82) is 0 Å². The second kappa shape index (κ2) is 5.42. The Hall–Kier alpha value is -0.980. The van der Waals surface area contributed by atoms with Gasteiger partial charge in [0, 0.05) is 19.4 Å². The van der Waals surface area contributed by atoms with Gasteiger partial charge in [0.1, 0.15) is 6.10 Å². The lowest BCUT2D eigenvalue weighted by Crippen LogP contribution is -2.61. The molecule has 1 aromatic carbocycles. The van der Waals surface area contributed by atoms with E-state index in [0.717, 1.165) is 11.1 Å². The molecule has 3 rings (SSSR count). The molecule has 20 heavy (non-hydrogen) atoms. The molecule has 0 amide bonds. The number of aliphatic hydroxyl groups is 3. The predicted molar refractivity (Wildman–Crippen MR) is 70.9 cm³/mol. The summed E-state index contributed by atoms with van der Waals surface area (Å²) in [4.78, 5) is 0. The lowest BCUT2D eigenvalue weighted by atomic mass is 9.86. The molecule has 0 bridgehead atoms. The summed E-state index contributed by atoms with van der Waals surface area (Å²) in [5, 5.41) is 29.4. The number of hydrogen-bond donors (Lipinski definition) is 3. The maximum atomic E-state index is 10.3. The highest BCUT2D eigenvalue weighted by Crippen LogP contribution is 2.39. The molecular weight excluding hydrogens is 260 g/mol. The molecule has 0 aliphatic carbocycles. The number of benzene rings is 1. The third-order valence-corrected chi connectivity index (χ3v) is 4.16. The topological polar surface area (TPSA) is 79.2 Å². The summed E-state index contributed by atoms with van der Waals surface area (Å²) in [7, 11) is 0. The molecule has 0 unspecified atom stereocenters. The summed E-state index contributed by atoms with van der Waals surface area (Å²) in [5.74, 6) is -1.20. The quantitative estimate of drug-likeness (QED) is 0.728. The zero-order valence-corrected chi connectivity index (χ0v) is 11.2. The monoisotopic (exact) mass is 280 g/mol. The van der Waals surface area contributed by atoms with Crippen molar-refractivity contribution in [3.63, 3.8) is 0 Å². The molecule has 5 heteroatoms. The van der Waals surface area contributed by atoms with Gasteiger partial charge in [-0.05, 0) is 17.5 Å². The summed E-state index contributed by atoms with van der Waals surface area (Å²) in [6.45, 7) is 0.339. The van der Waals surface area contributed by atoms with Crippen molar-refractivity contribution in [2.75, 3.05) is 6.61 Å². The standard InChI is InChI=1S/C15H20O5/c16-6-5-12-7-13(17)14(18)15(20-12)8-10-3-1-2-4-11(10)9-19-15/h1-4,12-14,16-18H,5-9H2/t12-,13+,14-,15+/m1/s1. The van der Waals surface area contributed by atoms with Gasteiger partial charge in [0.2, 0.25) is 5.79 Å². The first-order chi connectivity index (χ1) is 9.64. The smallest absolute Gasteiger partial charge is 0.201 e. The van der Waals surface area contributed by atoms with Crippen LogP contribution in [0.2, 0.25) is 0 Å². The molecule has 5 nitrogen and oxygen atoms in total. The Morgan fingerprint density at radius 1 is 1.20 bits per heavy atom. The lowest BCUT2D eigenvalue weighted by molar-refractivity contribution is -0.349. The van der Waals surface area contributed by atoms with E-state index in [0.29, 0.717) is 25.9 Å². The van der Waals surface area contributed by atoms with Crippen LogP contribution in [0.1, 0.15) is 24.0 Å². The Balaban J connectivity index is 1.87. The second-order valence-electron chi connectivity index (χ2n) is 5.55. The Kier molecular flexibility index (Phi) is 3.79. The minimum absolute atomic E-state index is 0.0137. The van der Waals surface area contributed by atoms with Gasteiger partial charge in [0.05, 0.1) is 18.8 Å². The lowest BCUT2D eigenvalue weighted by Gasteiger charge is -2.48. The first-order valence-electron chi connectivity index (χ1n) is 7.00. The Bertz CT molecular complexity index is 477. The van der Waals surface area contributed by atoms with E-state index >= 15 is 0 Å². The van der Waals surface area contributed by atoms with Crippen molar-refractivity contribution < 1.29 is 24.8 Å². The summed E-state index contributed by atoms with van der Waals surface area (Å²) in [6.07, 6.45) is -1.13. The van der Waals surface area contributed by atoms with Crippen molar-refractivity contribution in [3.05, 3.63) is 35.4 Å². The van der Waals surface area contributed by atoms with E-state index in [1.54, 1.807) is 0 Å². The zero-order valence-electron chi connectivity index (χ0n) is 11.2. The fourth-order valence-electron chi connectivity index (χ4n) is 3.06. The molecule has 0 radical (unpaired) electrons. The fraction of sp³-hybridized carbons (Fsp3) is 0.600. The van der Waals surface area contributed by atoms with Crippen LogP contribution in [0.3, 0.4) is 0 Å². The van der Waals surface area contributed by atoms with Crippen LogP contribution < -0.4 is 0 Å². The number of rotatable bonds is 2. The normalized spacial score (nSPS) is 36.9. The van der Waals surface area contributed by atoms with E-state index in [9.17, 15) is 10.2 Å². The highest BCUT2D eigenvalue weighted by atomic mass is 16.7. The van der Waals surface area contributed by atoms with Gasteiger partial charge >= 0.3 is 0 Å². The molecule has 4 atom stereocenters. The maximum Gasteiger partial charge on any atom is 0.201 e. The summed E-state index contributed by atoms with van der Waals surface area (Å²) in [6, 6.07) is 7.85. The molecule has 3 N–H and O–H groups in total. The van der Waals surface area contributed by atoms with E-state index in [1.165, 1.54) is 0 Å². The van der Waals surface area contributed by atoms with Crippen molar-refractivity contribution in [2.45, 2.75) is 50.0 Å². The van der Waals surface area contributed by atoms with Crippen molar-refractivity contribution in [1.82, 2.24) is 0 Å². The molecule has 2 aliphatic heterocycles. The Morgan fingerprint density at radius 3 is 2.70 bits per heavy atom. The van der Waals surface area contributed by atoms with Crippen LogP contribution in [0, 0.1) is 0 Å². The average molecular weight is 280 g/mol. The van der Waals surface area contributed by atoms with Crippen LogP contribution in [-0.2, 0) is 22.5 Å². The summed E-state index contributed by atoms with van der Waals surface area (Å²) < 4.78 is 11.7. The fourth-order valence-corrected chi connectivity index (χ4v) is 3.06. The van der Waals surface area contributed by atoms with Crippen LogP contribution in [0.4, 0.5) is 0 Å². The van der Waals surface area contributed by atoms with Crippen LogP contribution >= 0.6 is 0 Å². The molecule has 2 aliphatic rings. The molecule has 0 saturated carbocycles. The van der Waals surface area contributed by atoms with Gasteiger partial charge in [-0.15, -0.1) is 0 Å². The summed E-state index contributed by atoms with van der Waals surface area (Å²) in [5.41, 5.74) is 2.14. The molecule has 0 aromatic heterocycles. The Morgan fingerprint density at radius 2 is 1.95 bits per heavy atom. The van der Waals surface area contributed by atoms with Gasteiger partial charge in [-0.2, -0.15) is 0 Å². The predicted octanol–water partition coefficient (Wildman–Crippen LogP) is 0.349. The number of ether oxygens (including phenoxy) is 2. The third kappa shape index (κ3) is 2.36. The number of aliphatic hydroxyl groups excluding tert-OH is 3. The van der Waals surface area contributed by atoms with Crippen molar-refractivity contribution in [3.8, 4) is 0 Å². The van der Waals surface area contributed by atoms with Gasteiger partial charge < -0.3 is 24.8 Å². The Labute approximate surface area is 117 Å². The highest BCUT2D eigenvalue weighted by molar-refractivity contribution is 5.30. The number of hydrogen-bond acceptors (Lipinski definition) is 5. The van der Waals surface area contributed by atoms with E-state index in [4.69, 9.17) is 14.6 Å². The summed E-state index contributed by atoms with van der Waals surface area (Å²) >= 11 is 0. The van der Waals surface area contributed by atoms with Crippen molar-refractivity contribution in [2.24, 2.45) is 0 Å². The maximum absolute atomic E-state index is 10.3. The van der Waals surface area contributed by atoms with Gasteiger partial charge in [-0.1, -0.05) is 24.3 Å². The first kappa shape index (κ1) is 14.0. The van der Waals surface area contributed by atoms with Gasteiger partial charge in [0.25, 0.3) is 0 Å². The minimum Gasteiger partial charge on any atom is -0.396 e. The molecule has 1 spiro atoms. The van der Waals surface area contributed by atoms with E-state index in [1.807, 2.05) is 24.3 Å².